The lowest BCUT2D eigenvalue weighted by Gasteiger charge is -2.43. The first-order chi connectivity index (χ1) is 8.48. The molecule has 0 atom stereocenters. The molecule has 1 fully saturated rings. The van der Waals surface area contributed by atoms with Crippen LogP contribution in [0.4, 0.5) is 0 Å². The van der Waals surface area contributed by atoms with Gasteiger partial charge in [0.05, 0.1) is 18.7 Å². The number of hydrogen-bond acceptors (Lipinski definition) is 5. The average molecular weight is 267 g/mol. The topological polar surface area (TPSA) is 75.4 Å². The van der Waals surface area contributed by atoms with Gasteiger partial charge in [0.25, 0.3) is 11.5 Å². The number of fused-ring (bicyclic) bond motifs is 1. The van der Waals surface area contributed by atoms with Crippen molar-refractivity contribution in [3.63, 3.8) is 0 Å². The number of rotatable bonds is 1. The van der Waals surface area contributed by atoms with Gasteiger partial charge in [-0.05, 0) is 6.92 Å². The summed E-state index contributed by atoms with van der Waals surface area (Å²) in [6.07, 6.45) is 1.35. The van der Waals surface area contributed by atoms with Gasteiger partial charge in [-0.1, -0.05) is 11.8 Å². The Morgan fingerprint density at radius 2 is 2.28 bits per heavy atom. The number of thioether (sulfide) groups is 1. The van der Waals surface area contributed by atoms with Crippen LogP contribution in [-0.4, -0.2) is 49.9 Å². The Bertz CT molecular complexity index is 573. The van der Waals surface area contributed by atoms with Gasteiger partial charge < -0.3 is 10.0 Å². The number of carbonyl (C=O) groups is 1. The molecule has 3 rings (SSSR count). The number of aliphatic hydroxyl groups is 1. The molecular formula is C11H13N3O3S. The van der Waals surface area contributed by atoms with Crippen LogP contribution >= 0.6 is 11.8 Å². The smallest absolute Gasteiger partial charge is 0.267 e. The number of likely N-dealkylation sites (tertiary alicyclic amines) is 1. The number of β-amino-alcohol motifs (C(OH)–C–C–N with tert-alkyl or cyclic N) is 1. The third-order valence-electron chi connectivity index (χ3n) is 3.14. The summed E-state index contributed by atoms with van der Waals surface area (Å²) >= 11 is 1.52. The Morgan fingerprint density at radius 1 is 1.56 bits per heavy atom. The van der Waals surface area contributed by atoms with Gasteiger partial charge in [0.2, 0.25) is 0 Å². The van der Waals surface area contributed by atoms with Crippen molar-refractivity contribution in [1.29, 1.82) is 0 Å². The van der Waals surface area contributed by atoms with Crippen LogP contribution in [0.1, 0.15) is 17.3 Å². The molecule has 6 nitrogen and oxygen atoms in total. The molecule has 1 N–H and O–H groups in total. The largest absolute Gasteiger partial charge is 0.386 e. The van der Waals surface area contributed by atoms with E-state index in [1.807, 2.05) is 0 Å². The van der Waals surface area contributed by atoms with Gasteiger partial charge in [0, 0.05) is 18.5 Å². The molecule has 96 valence electrons. The van der Waals surface area contributed by atoms with E-state index < -0.39 is 5.60 Å². The van der Waals surface area contributed by atoms with Crippen LogP contribution in [0.3, 0.4) is 0 Å². The van der Waals surface area contributed by atoms with E-state index in [1.165, 1.54) is 27.4 Å². The number of hydrogen-bond donors (Lipinski definition) is 1. The van der Waals surface area contributed by atoms with E-state index in [0.29, 0.717) is 11.7 Å². The highest BCUT2D eigenvalue weighted by Gasteiger charge is 2.40. The van der Waals surface area contributed by atoms with Crippen LogP contribution in [0.25, 0.3) is 0 Å². The van der Waals surface area contributed by atoms with Crippen LogP contribution in [-0.2, 0) is 6.54 Å². The first-order valence-corrected chi connectivity index (χ1v) is 6.71. The third-order valence-corrected chi connectivity index (χ3v) is 4.11. The van der Waals surface area contributed by atoms with Crippen molar-refractivity contribution in [2.45, 2.75) is 24.2 Å². The maximum Gasteiger partial charge on any atom is 0.267 e. The summed E-state index contributed by atoms with van der Waals surface area (Å²) in [6.45, 7) is 2.80. The number of aromatic nitrogens is 2. The molecule has 0 spiro atoms. The van der Waals surface area contributed by atoms with Crippen LogP contribution < -0.4 is 5.56 Å². The maximum absolute atomic E-state index is 12.1. The van der Waals surface area contributed by atoms with Gasteiger partial charge in [-0.2, -0.15) is 0 Å². The molecule has 2 aliphatic heterocycles. The minimum atomic E-state index is -0.828. The van der Waals surface area contributed by atoms with Crippen molar-refractivity contribution in [1.82, 2.24) is 14.5 Å². The second-order valence-electron chi connectivity index (χ2n) is 4.92. The fourth-order valence-electron chi connectivity index (χ4n) is 2.25. The molecular weight excluding hydrogens is 254 g/mol. The Hall–Kier alpha value is -1.34. The van der Waals surface area contributed by atoms with Gasteiger partial charge in [-0.25, -0.2) is 4.98 Å². The molecule has 0 bridgehead atoms. The zero-order chi connectivity index (χ0) is 12.9. The molecule has 0 radical (unpaired) electrons. The van der Waals surface area contributed by atoms with E-state index in [0.717, 1.165) is 5.75 Å². The minimum absolute atomic E-state index is 0.0942. The second kappa shape index (κ2) is 3.83. The summed E-state index contributed by atoms with van der Waals surface area (Å²) in [5.74, 6) is 0.476. The van der Waals surface area contributed by atoms with Crippen molar-refractivity contribution in [2.24, 2.45) is 0 Å². The molecule has 18 heavy (non-hydrogen) atoms. The minimum Gasteiger partial charge on any atom is -0.386 e. The quantitative estimate of drug-likeness (QED) is 0.698. The monoisotopic (exact) mass is 267 g/mol. The van der Waals surface area contributed by atoms with Crippen molar-refractivity contribution in [2.75, 3.05) is 18.8 Å². The van der Waals surface area contributed by atoms with Crippen LogP contribution in [0, 0.1) is 0 Å². The fraction of sp³-hybridized carbons (Fsp3) is 0.545. The number of amides is 1. The third kappa shape index (κ3) is 1.74. The summed E-state index contributed by atoms with van der Waals surface area (Å²) in [4.78, 5) is 29.8. The van der Waals surface area contributed by atoms with Gasteiger partial charge in [-0.3, -0.25) is 14.2 Å². The van der Waals surface area contributed by atoms with Gasteiger partial charge in [-0.15, -0.1) is 0 Å². The van der Waals surface area contributed by atoms with Crippen LogP contribution in [0.15, 0.2) is 16.1 Å². The first kappa shape index (κ1) is 11.7. The molecule has 2 aliphatic rings. The van der Waals surface area contributed by atoms with Gasteiger partial charge in [0.1, 0.15) is 5.56 Å². The van der Waals surface area contributed by atoms with E-state index in [-0.39, 0.29) is 30.1 Å². The van der Waals surface area contributed by atoms with Crippen LogP contribution in [0.2, 0.25) is 0 Å². The Labute approximate surface area is 108 Å². The van der Waals surface area contributed by atoms with E-state index in [9.17, 15) is 14.7 Å². The maximum atomic E-state index is 12.1. The van der Waals surface area contributed by atoms with Crippen molar-refractivity contribution in [3.05, 3.63) is 22.1 Å². The van der Waals surface area contributed by atoms with Gasteiger partial charge >= 0.3 is 0 Å². The summed E-state index contributed by atoms with van der Waals surface area (Å²) < 4.78 is 1.54. The highest BCUT2D eigenvalue weighted by atomic mass is 32.2. The molecule has 1 saturated heterocycles. The SMILES string of the molecule is CC1(O)CN(C(=O)c2cnc3n(c2=O)CCS3)C1. The predicted molar refractivity (Wildman–Crippen MR) is 65.7 cm³/mol. The fourth-order valence-corrected chi connectivity index (χ4v) is 3.17. The molecule has 0 unspecified atom stereocenters. The molecule has 3 heterocycles. The summed E-state index contributed by atoms with van der Waals surface area (Å²) in [5, 5.41) is 10.3. The van der Waals surface area contributed by atoms with E-state index in [4.69, 9.17) is 0 Å². The lowest BCUT2D eigenvalue weighted by molar-refractivity contribution is -0.0669. The standard InChI is InChI=1S/C11H13N3O3S/c1-11(17)5-13(6-11)8(15)7-4-12-10-14(9(7)16)2-3-18-10/h4,17H,2-3,5-6H2,1H3. The van der Waals surface area contributed by atoms with Crippen molar-refractivity contribution in [3.8, 4) is 0 Å². The average Bonchev–Trinajstić information content (AvgIpc) is 2.74. The lowest BCUT2D eigenvalue weighted by atomic mass is 9.96. The summed E-state index contributed by atoms with van der Waals surface area (Å²) in [5.41, 5.74) is -1.01. The normalized spacial score (nSPS) is 20.4. The Balaban J connectivity index is 1.90. The molecule has 0 aromatic carbocycles. The van der Waals surface area contributed by atoms with E-state index in [1.54, 1.807) is 6.92 Å². The molecule has 7 heteroatoms. The van der Waals surface area contributed by atoms with Crippen molar-refractivity contribution < 1.29 is 9.90 Å². The Kier molecular flexibility index (Phi) is 2.49. The zero-order valence-corrected chi connectivity index (χ0v) is 10.7. The second-order valence-corrected chi connectivity index (χ2v) is 5.98. The van der Waals surface area contributed by atoms with E-state index >= 15 is 0 Å². The molecule has 1 aromatic rings. The van der Waals surface area contributed by atoms with Gasteiger partial charge in [0.15, 0.2) is 5.16 Å². The molecule has 0 aliphatic carbocycles. The number of nitrogens with zero attached hydrogens (tertiary/aromatic N) is 3. The Morgan fingerprint density at radius 3 is 2.94 bits per heavy atom. The first-order valence-electron chi connectivity index (χ1n) is 5.72. The molecule has 1 aromatic heterocycles. The lowest BCUT2D eigenvalue weighted by Crippen LogP contribution is -2.62. The molecule has 1 amide bonds. The summed E-state index contributed by atoms with van der Waals surface area (Å²) in [7, 11) is 0. The highest BCUT2D eigenvalue weighted by molar-refractivity contribution is 7.99. The van der Waals surface area contributed by atoms with Crippen LogP contribution in [0.5, 0.6) is 0 Å². The van der Waals surface area contributed by atoms with E-state index in [2.05, 4.69) is 4.98 Å². The zero-order valence-electron chi connectivity index (χ0n) is 9.92. The summed E-state index contributed by atoms with van der Waals surface area (Å²) in [6, 6.07) is 0. The van der Waals surface area contributed by atoms with Crippen molar-refractivity contribution >= 4 is 17.7 Å². The number of carbonyl (C=O) groups excluding carboxylic acids is 1. The molecule has 0 saturated carbocycles. The predicted octanol–water partition coefficient (Wildman–Crippen LogP) is -0.444. The highest BCUT2D eigenvalue weighted by Crippen LogP contribution is 2.23.